The standard InChI is InChI=1S/C22H25NO5S2/c1-12-13(2)19-21(11-18(24)25)15(10-14(12)23(19,21)3)28-20(26)22(27,16-6-4-8-29-16)17-7-5-9-30-17/h4-9,12-15,19,27H,10-11H2,1-3H3/p+1/t12-,13+,14+,15+,19+,21?,23?/m0/s1. The van der Waals surface area contributed by atoms with Gasteiger partial charge >= 0.3 is 11.9 Å². The van der Waals surface area contributed by atoms with E-state index in [0.29, 0.717) is 32.5 Å². The van der Waals surface area contributed by atoms with Crippen LogP contribution in [0.1, 0.15) is 36.4 Å². The maximum absolute atomic E-state index is 13.5. The van der Waals surface area contributed by atoms with Crippen LogP contribution in [0.15, 0.2) is 35.0 Å². The number of carboxylic acids is 1. The first-order valence-corrected chi connectivity index (χ1v) is 12.0. The van der Waals surface area contributed by atoms with Crippen LogP contribution < -0.4 is 0 Å². The summed E-state index contributed by atoms with van der Waals surface area (Å²) in [5.74, 6) is -0.755. The molecule has 2 N–H and O–H groups in total. The van der Waals surface area contributed by atoms with Gasteiger partial charge in [0.1, 0.15) is 6.42 Å². The van der Waals surface area contributed by atoms with E-state index < -0.39 is 29.2 Å². The monoisotopic (exact) mass is 448 g/mol. The Kier molecular flexibility index (Phi) is 4.29. The van der Waals surface area contributed by atoms with Crippen LogP contribution in [-0.2, 0) is 19.9 Å². The molecular formula is C22H26NO5S2+. The lowest BCUT2D eigenvalue weighted by molar-refractivity contribution is -0.828. The molecule has 7 atom stereocenters. The molecule has 0 spiro atoms. The largest absolute Gasteiger partial charge is 0.481 e. The van der Waals surface area contributed by atoms with Crippen molar-refractivity contribution in [2.24, 2.45) is 11.8 Å². The molecule has 2 unspecified atom stereocenters. The van der Waals surface area contributed by atoms with E-state index in [-0.39, 0.29) is 18.5 Å². The van der Waals surface area contributed by atoms with Crippen molar-refractivity contribution in [1.29, 1.82) is 0 Å². The van der Waals surface area contributed by atoms with Gasteiger partial charge in [0.05, 0.1) is 22.8 Å². The number of hydrogen-bond donors (Lipinski definition) is 2. The lowest BCUT2D eigenvalue weighted by Gasteiger charge is -2.27. The second kappa shape index (κ2) is 6.38. The molecular weight excluding hydrogens is 422 g/mol. The van der Waals surface area contributed by atoms with E-state index in [1.165, 1.54) is 22.7 Å². The minimum absolute atomic E-state index is 0.0178. The number of carbonyl (C=O) groups excluding carboxylic acids is 1. The fourth-order valence-electron chi connectivity index (χ4n) is 6.92. The first-order chi connectivity index (χ1) is 14.2. The number of fused-ring (bicyclic) bond motifs is 1. The summed E-state index contributed by atoms with van der Waals surface area (Å²) >= 11 is 2.61. The Bertz CT molecular complexity index is 955. The first-order valence-electron chi connectivity index (χ1n) is 10.3. The number of piperidine rings is 2. The van der Waals surface area contributed by atoms with Gasteiger partial charge in [-0.3, -0.25) is 4.79 Å². The Morgan fingerprint density at radius 2 is 1.80 bits per heavy atom. The quantitative estimate of drug-likeness (QED) is 0.403. The molecule has 8 heteroatoms. The van der Waals surface area contributed by atoms with Gasteiger partial charge in [-0.25, -0.2) is 4.79 Å². The fourth-order valence-corrected chi connectivity index (χ4v) is 8.64. The summed E-state index contributed by atoms with van der Waals surface area (Å²) in [4.78, 5) is 26.3. The summed E-state index contributed by atoms with van der Waals surface area (Å²) < 4.78 is 6.75. The average Bonchev–Trinajstić information content (AvgIpc) is 3.30. The molecule has 0 aromatic carbocycles. The maximum atomic E-state index is 13.5. The van der Waals surface area contributed by atoms with E-state index in [0.717, 1.165) is 0 Å². The molecule has 3 saturated heterocycles. The Morgan fingerprint density at radius 1 is 1.20 bits per heavy atom. The summed E-state index contributed by atoms with van der Waals surface area (Å²) in [6.45, 7) is 4.40. The van der Waals surface area contributed by atoms with E-state index in [2.05, 4.69) is 20.9 Å². The molecule has 6 nitrogen and oxygen atoms in total. The van der Waals surface area contributed by atoms with Crippen LogP contribution in [0.2, 0.25) is 0 Å². The summed E-state index contributed by atoms with van der Waals surface area (Å²) in [6.07, 6.45) is 0.110. The minimum Gasteiger partial charge on any atom is -0.481 e. The number of likely N-dealkylation sites (N-methyl/N-ethyl adjacent to an activating group) is 1. The molecule has 0 amide bonds. The predicted octanol–water partition coefficient (Wildman–Crippen LogP) is 3.06. The van der Waals surface area contributed by atoms with Crippen LogP contribution in [0, 0.1) is 11.8 Å². The highest BCUT2D eigenvalue weighted by Gasteiger charge is 2.93. The Morgan fingerprint density at radius 3 is 2.27 bits per heavy atom. The van der Waals surface area contributed by atoms with Gasteiger partial charge in [-0.2, -0.15) is 0 Å². The highest BCUT2D eigenvalue weighted by molar-refractivity contribution is 7.12. The van der Waals surface area contributed by atoms with Crippen LogP contribution in [-0.4, -0.2) is 57.4 Å². The molecule has 2 aromatic rings. The Labute approximate surface area is 183 Å². The number of aliphatic carboxylic acids is 1. The van der Waals surface area contributed by atoms with Crippen LogP contribution >= 0.6 is 22.7 Å². The van der Waals surface area contributed by atoms with E-state index in [1.54, 1.807) is 24.3 Å². The highest BCUT2D eigenvalue weighted by atomic mass is 32.1. The molecule has 5 heterocycles. The van der Waals surface area contributed by atoms with Gasteiger partial charge in [-0.05, 0) is 22.9 Å². The number of nitrogens with zero attached hydrogens (tertiary/aromatic N) is 1. The summed E-state index contributed by atoms with van der Waals surface area (Å²) in [6, 6.07) is 7.52. The third kappa shape index (κ3) is 2.25. The third-order valence-corrected chi connectivity index (χ3v) is 10.2. The van der Waals surface area contributed by atoms with Gasteiger partial charge < -0.3 is 19.4 Å². The van der Waals surface area contributed by atoms with Gasteiger partial charge in [0.15, 0.2) is 17.7 Å². The molecule has 0 saturated carbocycles. The molecule has 160 valence electrons. The maximum Gasteiger partial charge on any atom is 0.349 e. The van der Waals surface area contributed by atoms with Crippen molar-refractivity contribution in [3.8, 4) is 0 Å². The van der Waals surface area contributed by atoms with E-state index in [4.69, 9.17) is 4.74 Å². The number of carboxylic acid groups (broad SMARTS) is 1. The second-order valence-electron chi connectivity index (χ2n) is 9.23. The predicted molar refractivity (Wildman–Crippen MR) is 113 cm³/mol. The topological polar surface area (TPSA) is 83.8 Å². The van der Waals surface area contributed by atoms with Gasteiger partial charge in [0.2, 0.25) is 5.60 Å². The number of rotatable bonds is 6. The Hall–Kier alpha value is -1.74. The number of carbonyl (C=O) groups is 2. The molecule has 3 fully saturated rings. The van der Waals surface area contributed by atoms with E-state index >= 15 is 0 Å². The zero-order chi connectivity index (χ0) is 21.5. The molecule has 3 aliphatic rings. The smallest absolute Gasteiger partial charge is 0.349 e. The van der Waals surface area contributed by atoms with Crippen LogP contribution in [0.3, 0.4) is 0 Å². The summed E-state index contributed by atoms with van der Waals surface area (Å²) in [7, 11) is 2.12. The molecule has 0 radical (unpaired) electrons. The number of ether oxygens (including phenoxy) is 1. The zero-order valence-electron chi connectivity index (χ0n) is 17.1. The van der Waals surface area contributed by atoms with Crippen molar-refractivity contribution in [1.82, 2.24) is 0 Å². The molecule has 3 aliphatic heterocycles. The number of thiophene rings is 2. The SMILES string of the molecule is C[C@@H]1[C@H](C)[C@H]2C[C@@H](OC(=O)C(O)(c3cccs3)c3cccs3)C3(CC(=O)O)[C@@H]1[N+]23C. The zero-order valence-corrected chi connectivity index (χ0v) is 18.8. The Balaban J connectivity index is 1.51. The molecule has 5 rings (SSSR count). The van der Waals surface area contributed by atoms with Crippen molar-refractivity contribution >= 4 is 34.6 Å². The van der Waals surface area contributed by atoms with Gasteiger partial charge in [-0.1, -0.05) is 26.0 Å². The number of esters is 1. The van der Waals surface area contributed by atoms with Crippen LogP contribution in [0.4, 0.5) is 0 Å². The molecule has 0 aliphatic carbocycles. The van der Waals surface area contributed by atoms with Crippen molar-refractivity contribution in [3.05, 3.63) is 44.8 Å². The normalized spacial score (nSPS) is 39.0. The minimum atomic E-state index is -1.87. The van der Waals surface area contributed by atoms with E-state index in [9.17, 15) is 19.8 Å². The first kappa shape index (κ1) is 20.2. The lowest BCUT2D eigenvalue weighted by Crippen LogP contribution is -2.45. The summed E-state index contributed by atoms with van der Waals surface area (Å²) in [5, 5.41) is 24.9. The summed E-state index contributed by atoms with van der Waals surface area (Å²) in [5.41, 5.74) is -2.46. The van der Waals surface area contributed by atoms with Gasteiger partial charge in [0.25, 0.3) is 0 Å². The van der Waals surface area contributed by atoms with Gasteiger partial charge in [0, 0.05) is 18.3 Å². The van der Waals surface area contributed by atoms with Crippen LogP contribution in [0.5, 0.6) is 0 Å². The third-order valence-electron chi connectivity index (χ3n) is 8.29. The number of quaternary nitrogens is 1. The molecule has 0 bridgehead atoms. The van der Waals surface area contributed by atoms with Crippen molar-refractivity contribution in [3.63, 3.8) is 0 Å². The van der Waals surface area contributed by atoms with Crippen molar-refractivity contribution in [2.75, 3.05) is 7.05 Å². The number of hydrogen-bond acceptors (Lipinski definition) is 6. The van der Waals surface area contributed by atoms with Crippen LogP contribution in [0.25, 0.3) is 0 Å². The lowest BCUT2D eigenvalue weighted by atomic mass is 9.85. The average molecular weight is 449 g/mol. The van der Waals surface area contributed by atoms with Crippen molar-refractivity contribution < 1.29 is 29.0 Å². The highest BCUT2D eigenvalue weighted by Crippen LogP contribution is 2.72. The van der Waals surface area contributed by atoms with Gasteiger partial charge in [-0.15, -0.1) is 22.7 Å². The van der Waals surface area contributed by atoms with Crippen molar-refractivity contribution in [2.45, 2.75) is 56.0 Å². The second-order valence-corrected chi connectivity index (χ2v) is 11.1. The van der Waals surface area contributed by atoms with E-state index in [1.807, 2.05) is 10.8 Å². The number of aliphatic hydroxyl groups is 1. The molecule has 2 aromatic heterocycles. The fraction of sp³-hybridized carbons (Fsp3) is 0.545. The molecule has 30 heavy (non-hydrogen) atoms.